The molecule has 0 radical (unpaired) electrons. The maximum absolute atomic E-state index is 3.48. The van der Waals surface area contributed by atoms with E-state index in [9.17, 15) is 0 Å². The van der Waals surface area contributed by atoms with Crippen LogP contribution in [0, 0.1) is 5.92 Å². The molecule has 20 heavy (non-hydrogen) atoms. The number of hydrogen-bond donors (Lipinski definition) is 1. The van der Waals surface area contributed by atoms with Crippen molar-refractivity contribution < 1.29 is 0 Å². The first-order valence-electron chi connectivity index (χ1n) is 9.02. The van der Waals surface area contributed by atoms with Crippen LogP contribution in [0.2, 0.25) is 0 Å². The van der Waals surface area contributed by atoms with Crippen molar-refractivity contribution in [2.75, 3.05) is 39.3 Å². The summed E-state index contributed by atoms with van der Waals surface area (Å²) in [6.45, 7) is 10.3. The zero-order valence-corrected chi connectivity index (χ0v) is 13.3. The molecule has 3 aliphatic heterocycles. The lowest BCUT2D eigenvalue weighted by Gasteiger charge is -2.47. The van der Waals surface area contributed by atoms with Gasteiger partial charge in [0.2, 0.25) is 0 Å². The van der Waals surface area contributed by atoms with E-state index < -0.39 is 0 Å². The number of fused-ring (bicyclic) bond motifs is 1. The summed E-state index contributed by atoms with van der Waals surface area (Å²) in [7, 11) is 0. The molecule has 3 fully saturated rings. The van der Waals surface area contributed by atoms with Crippen LogP contribution in [0.5, 0.6) is 0 Å². The third-order valence-corrected chi connectivity index (χ3v) is 5.83. The van der Waals surface area contributed by atoms with Crippen molar-refractivity contribution in [3.8, 4) is 0 Å². The van der Waals surface area contributed by atoms with Gasteiger partial charge in [-0.3, -0.25) is 9.80 Å². The van der Waals surface area contributed by atoms with Gasteiger partial charge in [-0.25, -0.2) is 0 Å². The molecule has 2 atom stereocenters. The molecule has 0 spiro atoms. The Morgan fingerprint density at radius 2 is 1.90 bits per heavy atom. The minimum Gasteiger partial charge on any atom is -0.317 e. The summed E-state index contributed by atoms with van der Waals surface area (Å²) >= 11 is 0. The average molecular weight is 279 g/mol. The predicted molar refractivity (Wildman–Crippen MR) is 85.1 cm³/mol. The zero-order chi connectivity index (χ0) is 13.8. The molecule has 0 aromatic carbocycles. The topological polar surface area (TPSA) is 18.5 Å². The molecule has 0 aromatic heterocycles. The van der Waals surface area contributed by atoms with Crippen LogP contribution in [-0.2, 0) is 0 Å². The molecule has 3 heteroatoms. The van der Waals surface area contributed by atoms with Gasteiger partial charge in [0.25, 0.3) is 0 Å². The molecule has 1 N–H and O–H groups in total. The van der Waals surface area contributed by atoms with E-state index in [-0.39, 0.29) is 0 Å². The van der Waals surface area contributed by atoms with Gasteiger partial charge in [0.1, 0.15) is 0 Å². The largest absolute Gasteiger partial charge is 0.317 e. The molecule has 3 saturated heterocycles. The summed E-state index contributed by atoms with van der Waals surface area (Å²) in [5, 5.41) is 3.48. The Morgan fingerprint density at radius 3 is 2.75 bits per heavy atom. The monoisotopic (exact) mass is 279 g/mol. The smallest absolute Gasteiger partial charge is 0.0223 e. The molecule has 0 amide bonds. The van der Waals surface area contributed by atoms with Gasteiger partial charge in [0.15, 0.2) is 0 Å². The Balaban J connectivity index is 1.40. The molecule has 0 saturated carbocycles. The number of piperazine rings is 1. The first-order chi connectivity index (χ1) is 9.83. The summed E-state index contributed by atoms with van der Waals surface area (Å²) in [5.74, 6) is 1.00. The normalized spacial score (nSPS) is 34.0. The molecular formula is C17H33N3. The van der Waals surface area contributed by atoms with Crippen LogP contribution in [0.4, 0.5) is 0 Å². The molecule has 116 valence electrons. The predicted octanol–water partition coefficient (Wildman–Crippen LogP) is 2.32. The molecule has 0 aliphatic carbocycles. The van der Waals surface area contributed by atoms with Crippen molar-refractivity contribution in [2.45, 2.75) is 64.0 Å². The van der Waals surface area contributed by atoms with Crippen LogP contribution in [0.15, 0.2) is 0 Å². The minimum atomic E-state index is 0.775. The van der Waals surface area contributed by atoms with Gasteiger partial charge in [0.05, 0.1) is 0 Å². The second kappa shape index (κ2) is 7.24. The summed E-state index contributed by atoms with van der Waals surface area (Å²) in [6, 6.07) is 1.65. The molecule has 3 aliphatic rings. The highest BCUT2D eigenvalue weighted by Crippen LogP contribution is 2.25. The van der Waals surface area contributed by atoms with Crippen LogP contribution < -0.4 is 5.32 Å². The summed E-state index contributed by atoms with van der Waals surface area (Å²) in [5.41, 5.74) is 0. The third-order valence-electron chi connectivity index (χ3n) is 5.83. The first-order valence-corrected chi connectivity index (χ1v) is 9.02. The van der Waals surface area contributed by atoms with Crippen LogP contribution >= 0.6 is 0 Å². The fourth-order valence-corrected chi connectivity index (χ4v) is 4.48. The van der Waals surface area contributed by atoms with E-state index in [1.54, 1.807) is 0 Å². The molecule has 3 heterocycles. The third kappa shape index (κ3) is 3.75. The van der Waals surface area contributed by atoms with Crippen molar-refractivity contribution >= 4 is 0 Å². The van der Waals surface area contributed by atoms with E-state index in [1.807, 2.05) is 0 Å². The van der Waals surface area contributed by atoms with Crippen molar-refractivity contribution in [1.82, 2.24) is 15.1 Å². The molecule has 2 unspecified atom stereocenters. The van der Waals surface area contributed by atoms with Gasteiger partial charge in [-0.15, -0.1) is 0 Å². The fraction of sp³-hybridized carbons (Fsp3) is 1.00. The minimum absolute atomic E-state index is 0.775. The Labute approximate surface area is 125 Å². The van der Waals surface area contributed by atoms with Crippen LogP contribution in [0.1, 0.15) is 51.9 Å². The molecule has 3 nitrogen and oxygen atoms in total. The Bertz CT molecular complexity index is 288. The fourth-order valence-electron chi connectivity index (χ4n) is 4.48. The Kier molecular flexibility index (Phi) is 5.36. The quantitative estimate of drug-likeness (QED) is 0.852. The van der Waals surface area contributed by atoms with Crippen molar-refractivity contribution in [1.29, 1.82) is 0 Å². The lowest BCUT2D eigenvalue weighted by Crippen LogP contribution is -2.58. The summed E-state index contributed by atoms with van der Waals surface area (Å²) < 4.78 is 0. The van der Waals surface area contributed by atoms with Gasteiger partial charge in [-0.1, -0.05) is 6.42 Å². The number of nitrogens with one attached hydrogen (secondary N) is 1. The van der Waals surface area contributed by atoms with Gasteiger partial charge in [-0.05, 0) is 77.5 Å². The highest BCUT2D eigenvalue weighted by Gasteiger charge is 2.32. The van der Waals surface area contributed by atoms with Gasteiger partial charge in [-0.2, -0.15) is 0 Å². The highest BCUT2D eigenvalue weighted by molar-refractivity contribution is 4.89. The van der Waals surface area contributed by atoms with Gasteiger partial charge >= 0.3 is 0 Å². The van der Waals surface area contributed by atoms with E-state index in [2.05, 4.69) is 22.0 Å². The molecule has 3 rings (SSSR count). The Hall–Kier alpha value is -0.120. The zero-order valence-electron chi connectivity index (χ0n) is 13.3. The van der Waals surface area contributed by atoms with Crippen LogP contribution in [-0.4, -0.2) is 61.2 Å². The SMILES string of the molecule is CC1CN2CCCCC2CN1CCCC1CCNCC1. The Morgan fingerprint density at radius 1 is 1.05 bits per heavy atom. The van der Waals surface area contributed by atoms with Crippen molar-refractivity contribution in [3.05, 3.63) is 0 Å². The molecular weight excluding hydrogens is 246 g/mol. The van der Waals surface area contributed by atoms with Crippen LogP contribution in [0.25, 0.3) is 0 Å². The number of rotatable bonds is 4. The van der Waals surface area contributed by atoms with E-state index in [4.69, 9.17) is 0 Å². The highest BCUT2D eigenvalue weighted by atomic mass is 15.3. The van der Waals surface area contributed by atoms with E-state index in [0.29, 0.717) is 0 Å². The van der Waals surface area contributed by atoms with Crippen molar-refractivity contribution in [2.24, 2.45) is 5.92 Å². The average Bonchev–Trinajstić information content (AvgIpc) is 2.49. The number of nitrogens with zero attached hydrogens (tertiary/aromatic N) is 2. The second-order valence-electron chi connectivity index (χ2n) is 7.32. The van der Waals surface area contributed by atoms with E-state index >= 15 is 0 Å². The summed E-state index contributed by atoms with van der Waals surface area (Å²) in [4.78, 5) is 5.55. The van der Waals surface area contributed by atoms with E-state index in [1.165, 1.54) is 84.2 Å². The standard InChI is InChI=1S/C17H33N3/c1-15-13-20-11-3-2-6-17(20)14-19(15)12-4-5-16-7-9-18-10-8-16/h15-18H,2-14H2,1H3. The van der Waals surface area contributed by atoms with E-state index in [0.717, 1.165) is 18.0 Å². The number of piperidine rings is 2. The number of hydrogen-bond acceptors (Lipinski definition) is 3. The van der Waals surface area contributed by atoms with Gasteiger partial charge < -0.3 is 5.32 Å². The van der Waals surface area contributed by atoms with Crippen molar-refractivity contribution in [3.63, 3.8) is 0 Å². The maximum atomic E-state index is 3.48. The molecule has 0 aromatic rings. The second-order valence-corrected chi connectivity index (χ2v) is 7.32. The first kappa shape index (κ1) is 14.8. The lowest BCUT2D eigenvalue weighted by molar-refractivity contribution is 0.0140. The lowest BCUT2D eigenvalue weighted by atomic mass is 9.92. The molecule has 0 bridgehead atoms. The van der Waals surface area contributed by atoms with Crippen LogP contribution in [0.3, 0.4) is 0 Å². The maximum Gasteiger partial charge on any atom is 0.0223 e. The summed E-state index contributed by atoms with van der Waals surface area (Å²) in [6.07, 6.45) is 10.0. The van der Waals surface area contributed by atoms with Gasteiger partial charge in [0, 0.05) is 25.2 Å².